The normalized spacial score (nSPS) is 24.9. The van der Waals surface area contributed by atoms with Gasteiger partial charge in [-0.2, -0.15) is 0 Å². The second-order valence-electron chi connectivity index (χ2n) is 5.76. The Morgan fingerprint density at radius 1 is 1.32 bits per heavy atom. The van der Waals surface area contributed by atoms with Gasteiger partial charge in [-0.1, -0.05) is 24.3 Å². The number of aliphatic carboxylic acids is 1. The molecule has 1 aliphatic heterocycles. The summed E-state index contributed by atoms with van der Waals surface area (Å²) in [5.41, 5.74) is 2.83. The first-order chi connectivity index (χ1) is 9.22. The van der Waals surface area contributed by atoms with Crippen molar-refractivity contribution in [3.05, 3.63) is 35.4 Å². The van der Waals surface area contributed by atoms with Crippen molar-refractivity contribution in [1.82, 2.24) is 0 Å². The van der Waals surface area contributed by atoms with Gasteiger partial charge in [0.1, 0.15) is 0 Å². The number of hydrogen-bond acceptors (Lipinski definition) is 2. The Bertz CT molecular complexity index is 475. The zero-order chi connectivity index (χ0) is 13.3. The Labute approximate surface area is 113 Å². The minimum Gasteiger partial charge on any atom is -0.481 e. The van der Waals surface area contributed by atoms with Crippen LogP contribution in [0.4, 0.5) is 0 Å². The summed E-state index contributed by atoms with van der Waals surface area (Å²) in [4.78, 5) is 11.2. The van der Waals surface area contributed by atoms with Crippen molar-refractivity contribution >= 4 is 5.97 Å². The second-order valence-corrected chi connectivity index (χ2v) is 5.76. The smallest absolute Gasteiger partial charge is 0.303 e. The molecule has 1 aromatic carbocycles. The quantitative estimate of drug-likeness (QED) is 0.889. The van der Waals surface area contributed by atoms with E-state index >= 15 is 0 Å². The Morgan fingerprint density at radius 2 is 2.05 bits per heavy atom. The number of fused-ring (bicyclic) bond motifs is 2. The maximum atomic E-state index is 11.2. The average molecular weight is 260 g/mol. The first-order valence-corrected chi connectivity index (χ1v) is 7.10. The van der Waals surface area contributed by atoms with Gasteiger partial charge in [0, 0.05) is 25.0 Å². The predicted molar refractivity (Wildman–Crippen MR) is 72.2 cm³/mol. The van der Waals surface area contributed by atoms with Gasteiger partial charge in [0.05, 0.1) is 0 Å². The third-order valence-corrected chi connectivity index (χ3v) is 4.90. The first kappa shape index (κ1) is 12.7. The highest BCUT2D eigenvalue weighted by Crippen LogP contribution is 2.49. The van der Waals surface area contributed by atoms with E-state index in [4.69, 9.17) is 4.74 Å². The van der Waals surface area contributed by atoms with Gasteiger partial charge in [0.2, 0.25) is 0 Å². The van der Waals surface area contributed by atoms with Gasteiger partial charge < -0.3 is 9.84 Å². The van der Waals surface area contributed by atoms with Gasteiger partial charge >= 0.3 is 5.97 Å². The predicted octanol–water partition coefficient (Wildman–Crippen LogP) is 2.77. The Kier molecular flexibility index (Phi) is 3.31. The highest BCUT2D eigenvalue weighted by Gasteiger charge is 2.45. The summed E-state index contributed by atoms with van der Waals surface area (Å²) < 4.78 is 5.52. The molecule has 102 valence electrons. The second kappa shape index (κ2) is 4.97. The van der Waals surface area contributed by atoms with Crippen LogP contribution in [0.5, 0.6) is 0 Å². The van der Waals surface area contributed by atoms with Crippen molar-refractivity contribution in [1.29, 1.82) is 0 Å². The van der Waals surface area contributed by atoms with E-state index in [1.807, 2.05) is 0 Å². The third-order valence-electron chi connectivity index (χ3n) is 4.90. The van der Waals surface area contributed by atoms with E-state index in [2.05, 4.69) is 24.3 Å². The molecule has 0 radical (unpaired) electrons. The molecule has 1 atom stereocenters. The molecule has 3 nitrogen and oxygen atoms in total. The molecule has 3 heteroatoms. The van der Waals surface area contributed by atoms with Crippen LogP contribution in [0.15, 0.2) is 24.3 Å². The van der Waals surface area contributed by atoms with Crippen LogP contribution in [0.25, 0.3) is 0 Å². The Morgan fingerprint density at radius 3 is 2.79 bits per heavy atom. The molecule has 1 fully saturated rings. The summed E-state index contributed by atoms with van der Waals surface area (Å²) >= 11 is 0. The number of benzene rings is 1. The lowest BCUT2D eigenvalue weighted by Crippen LogP contribution is -2.44. The van der Waals surface area contributed by atoms with Crippen molar-refractivity contribution in [2.24, 2.45) is 5.92 Å². The lowest BCUT2D eigenvalue weighted by atomic mass is 9.58. The number of aryl methyl sites for hydroxylation is 1. The van der Waals surface area contributed by atoms with E-state index in [1.165, 1.54) is 11.1 Å². The van der Waals surface area contributed by atoms with Gasteiger partial charge in [0.25, 0.3) is 0 Å². The summed E-state index contributed by atoms with van der Waals surface area (Å²) in [6.07, 6.45) is 4.21. The number of carbonyl (C=O) groups is 1. The van der Waals surface area contributed by atoms with E-state index in [1.54, 1.807) is 0 Å². The molecule has 1 spiro atoms. The van der Waals surface area contributed by atoms with Crippen LogP contribution in [0.2, 0.25) is 0 Å². The number of rotatable bonds is 2. The lowest BCUT2D eigenvalue weighted by molar-refractivity contribution is -0.139. The van der Waals surface area contributed by atoms with Gasteiger partial charge in [-0.15, -0.1) is 0 Å². The molecule has 0 amide bonds. The monoisotopic (exact) mass is 260 g/mol. The summed E-state index contributed by atoms with van der Waals surface area (Å²) in [6.45, 7) is 1.51. The van der Waals surface area contributed by atoms with Crippen LogP contribution in [0.3, 0.4) is 0 Å². The Hall–Kier alpha value is -1.35. The van der Waals surface area contributed by atoms with E-state index in [0.717, 1.165) is 38.9 Å². The lowest BCUT2D eigenvalue weighted by Gasteiger charge is -2.47. The summed E-state index contributed by atoms with van der Waals surface area (Å²) in [7, 11) is 0. The fourth-order valence-electron chi connectivity index (χ4n) is 3.97. The van der Waals surface area contributed by atoms with Gasteiger partial charge in [0.15, 0.2) is 0 Å². The molecule has 1 aliphatic carbocycles. The number of hydrogen-bond donors (Lipinski definition) is 1. The topological polar surface area (TPSA) is 46.5 Å². The van der Waals surface area contributed by atoms with Crippen LogP contribution in [-0.2, 0) is 21.4 Å². The van der Waals surface area contributed by atoms with Crippen LogP contribution in [0, 0.1) is 5.92 Å². The van der Waals surface area contributed by atoms with Crippen molar-refractivity contribution < 1.29 is 14.6 Å². The molecule has 1 saturated heterocycles. The molecule has 1 aromatic rings. The van der Waals surface area contributed by atoms with Gasteiger partial charge in [-0.05, 0) is 42.7 Å². The molecule has 1 heterocycles. The fraction of sp³-hybridized carbons (Fsp3) is 0.562. The van der Waals surface area contributed by atoms with Crippen LogP contribution in [0.1, 0.15) is 36.8 Å². The summed E-state index contributed by atoms with van der Waals surface area (Å²) in [6, 6.07) is 8.57. The van der Waals surface area contributed by atoms with Crippen LogP contribution < -0.4 is 0 Å². The average Bonchev–Trinajstić information content (AvgIpc) is 2.43. The zero-order valence-corrected chi connectivity index (χ0v) is 11.1. The molecule has 0 aromatic heterocycles. The van der Waals surface area contributed by atoms with Gasteiger partial charge in [-0.25, -0.2) is 0 Å². The highest BCUT2D eigenvalue weighted by atomic mass is 16.5. The maximum Gasteiger partial charge on any atom is 0.303 e. The minimum atomic E-state index is -0.671. The van der Waals surface area contributed by atoms with E-state index in [-0.39, 0.29) is 17.8 Å². The van der Waals surface area contributed by atoms with Crippen molar-refractivity contribution in [2.45, 2.75) is 37.5 Å². The largest absolute Gasteiger partial charge is 0.481 e. The summed E-state index contributed by atoms with van der Waals surface area (Å²) in [5.74, 6) is -0.418. The number of ether oxygens (including phenoxy) is 1. The van der Waals surface area contributed by atoms with E-state index in [0.29, 0.717) is 0 Å². The standard InChI is InChI=1S/C16H20O3/c17-15(18)11-13-6-5-12-3-1-2-4-14(12)16(13)7-9-19-10-8-16/h1-4,13H,5-11H2,(H,17,18). The number of carboxylic acids is 1. The van der Waals surface area contributed by atoms with Crippen molar-refractivity contribution in [3.63, 3.8) is 0 Å². The first-order valence-electron chi connectivity index (χ1n) is 7.10. The van der Waals surface area contributed by atoms with Crippen LogP contribution in [-0.4, -0.2) is 24.3 Å². The molecule has 0 saturated carbocycles. The molecular weight excluding hydrogens is 240 g/mol. The Balaban J connectivity index is 2.02. The molecule has 2 aliphatic rings. The highest BCUT2D eigenvalue weighted by molar-refractivity contribution is 5.67. The SMILES string of the molecule is O=C(O)CC1CCc2ccccc2C12CCOCC2. The molecule has 0 bridgehead atoms. The third kappa shape index (κ3) is 2.16. The molecular formula is C16H20O3. The zero-order valence-electron chi connectivity index (χ0n) is 11.1. The summed E-state index contributed by atoms with van der Waals surface area (Å²) in [5, 5.41) is 9.20. The fourth-order valence-corrected chi connectivity index (χ4v) is 3.97. The maximum absolute atomic E-state index is 11.2. The van der Waals surface area contributed by atoms with E-state index in [9.17, 15) is 9.90 Å². The van der Waals surface area contributed by atoms with Crippen LogP contribution >= 0.6 is 0 Å². The molecule has 1 N–H and O–H groups in total. The van der Waals surface area contributed by atoms with E-state index < -0.39 is 5.97 Å². The molecule has 3 rings (SSSR count). The number of carboxylic acid groups (broad SMARTS) is 1. The molecule has 1 unspecified atom stereocenters. The molecule has 19 heavy (non-hydrogen) atoms. The van der Waals surface area contributed by atoms with Crippen molar-refractivity contribution in [2.75, 3.05) is 13.2 Å². The minimum absolute atomic E-state index is 0.0332. The van der Waals surface area contributed by atoms with Crippen molar-refractivity contribution in [3.8, 4) is 0 Å². The van der Waals surface area contributed by atoms with Gasteiger partial charge in [-0.3, -0.25) is 4.79 Å².